The summed E-state index contributed by atoms with van der Waals surface area (Å²) in [6, 6.07) is 4.26. The quantitative estimate of drug-likeness (QED) is 0.892. The minimum atomic E-state index is -0.770. The molecule has 0 spiro atoms. The van der Waals surface area contributed by atoms with Gasteiger partial charge in [-0.25, -0.2) is 8.78 Å². The Bertz CT molecular complexity index is 440. The topological polar surface area (TPSA) is 15.3 Å². The van der Waals surface area contributed by atoms with Gasteiger partial charge in [-0.3, -0.25) is 0 Å². The van der Waals surface area contributed by atoms with Gasteiger partial charge >= 0.3 is 0 Å². The first-order valence-corrected chi connectivity index (χ1v) is 7.42. The maximum atomic E-state index is 14.0. The molecule has 0 bridgehead atoms. The molecule has 1 heterocycles. The van der Waals surface area contributed by atoms with Crippen LogP contribution in [0.25, 0.3) is 0 Å². The van der Waals surface area contributed by atoms with Gasteiger partial charge in [0.05, 0.1) is 0 Å². The predicted molar refractivity (Wildman–Crippen MR) is 77.5 cm³/mol. The molecule has 1 saturated heterocycles. The van der Waals surface area contributed by atoms with E-state index in [9.17, 15) is 8.78 Å². The zero-order valence-corrected chi connectivity index (χ0v) is 12.5. The molecule has 0 amide bonds. The Kier molecular flexibility index (Phi) is 5.11. The van der Waals surface area contributed by atoms with Crippen molar-refractivity contribution in [2.24, 2.45) is 11.8 Å². The van der Waals surface area contributed by atoms with Gasteiger partial charge in [-0.05, 0) is 24.4 Å². The number of hydrogen-bond acceptors (Lipinski definition) is 2. The number of nitrogens with one attached hydrogen (secondary N) is 1. The molecule has 1 aliphatic rings. The molecule has 1 aromatic rings. The summed E-state index contributed by atoms with van der Waals surface area (Å²) in [5, 5.41) is 3.28. The first-order chi connectivity index (χ1) is 9.52. The lowest BCUT2D eigenvalue weighted by Crippen LogP contribution is -2.34. The molecular weight excluding hydrogens is 258 g/mol. The highest BCUT2D eigenvalue weighted by molar-refractivity contribution is 5.23. The van der Waals surface area contributed by atoms with Crippen molar-refractivity contribution in [3.63, 3.8) is 0 Å². The van der Waals surface area contributed by atoms with E-state index in [-0.39, 0.29) is 6.04 Å². The highest BCUT2D eigenvalue weighted by atomic mass is 19.2. The highest BCUT2D eigenvalue weighted by Crippen LogP contribution is 2.26. The summed E-state index contributed by atoms with van der Waals surface area (Å²) in [7, 11) is 0. The van der Waals surface area contributed by atoms with E-state index in [1.165, 1.54) is 6.07 Å². The van der Waals surface area contributed by atoms with Crippen LogP contribution in [-0.4, -0.2) is 31.1 Å². The predicted octanol–water partition coefficient (Wildman–Crippen LogP) is 3.20. The van der Waals surface area contributed by atoms with Crippen LogP contribution in [0.1, 0.15) is 32.4 Å². The smallest absolute Gasteiger partial charge is 0.163 e. The van der Waals surface area contributed by atoms with Gasteiger partial charge < -0.3 is 10.2 Å². The van der Waals surface area contributed by atoms with Crippen molar-refractivity contribution >= 4 is 0 Å². The van der Waals surface area contributed by atoms with Gasteiger partial charge in [0.1, 0.15) is 0 Å². The van der Waals surface area contributed by atoms with Crippen LogP contribution in [0.15, 0.2) is 18.2 Å². The average molecular weight is 282 g/mol. The maximum absolute atomic E-state index is 14.0. The molecule has 1 N–H and O–H groups in total. The third-order valence-corrected chi connectivity index (χ3v) is 4.31. The van der Waals surface area contributed by atoms with Crippen LogP contribution >= 0.6 is 0 Å². The minimum absolute atomic E-state index is 0.159. The van der Waals surface area contributed by atoms with Crippen LogP contribution in [0, 0.1) is 23.5 Å². The lowest BCUT2D eigenvalue weighted by atomic mass is 10.0. The number of hydrogen-bond donors (Lipinski definition) is 1. The number of halogens is 2. The molecule has 4 heteroatoms. The first kappa shape index (κ1) is 15.4. The summed E-state index contributed by atoms with van der Waals surface area (Å²) in [6.45, 7) is 9.99. The SMILES string of the molecule is CCNC(CN1CC(C)C(C)C1)c1cccc(F)c1F. The molecule has 1 aromatic carbocycles. The van der Waals surface area contributed by atoms with Crippen molar-refractivity contribution in [1.82, 2.24) is 10.2 Å². The van der Waals surface area contributed by atoms with Crippen molar-refractivity contribution in [3.05, 3.63) is 35.4 Å². The molecule has 0 saturated carbocycles. The van der Waals surface area contributed by atoms with E-state index in [0.29, 0.717) is 17.4 Å². The van der Waals surface area contributed by atoms with Gasteiger partial charge in [0.15, 0.2) is 11.6 Å². The molecule has 2 rings (SSSR count). The Morgan fingerprint density at radius 1 is 1.25 bits per heavy atom. The Hall–Kier alpha value is -1.00. The molecule has 1 fully saturated rings. The molecule has 0 aromatic heterocycles. The first-order valence-electron chi connectivity index (χ1n) is 7.42. The number of rotatable bonds is 5. The van der Waals surface area contributed by atoms with E-state index in [1.807, 2.05) is 6.92 Å². The number of likely N-dealkylation sites (tertiary alicyclic amines) is 1. The van der Waals surface area contributed by atoms with Crippen molar-refractivity contribution < 1.29 is 8.78 Å². The van der Waals surface area contributed by atoms with Crippen LogP contribution in [0.3, 0.4) is 0 Å². The van der Waals surface area contributed by atoms with Gasteiger partial charge in [0.25, 0.3) is 0 Å². The zero-order valence-electron chi connectivity index (χ0n) is 12.5. The third kappa shape index (κ3) is 3.36. The van der Waals surface area contributed by atoms with E-state index in [2.05, 4.69) is 24.1 Å². The van der Waals surface area contributed by atoms with E-state index in [1.54, 1.807) is 12.1 Å². The molecule has 1 aliphatic heterocycles. The zero-order chi connectivity index (χ0) is 14.7. The van der Waals surface area contributed by atoms with Gasteiger partial charge in [-0.1, -0.05) is 32.9 Å². The summed E-state index contributed by atoms with van der Waals surface area (Å²) in [4.78, 5) is 2.34. The van der Waals surface area contributed by atoms with Gasteiger partial charge in [0.2, 0.25) is 0 Å². The van der Waals surface area contributed by atoms with E-state index in [4.69, 9.17) is 0 Å². The van der Waals surface area contributed by atoms with Crippen LogP contribution in [0.2, 0.25) is 0 Å². The third-order valence-electron chi connectivity index (χ3n) is 4.31. The van der Waals surface area contributed by atoms with Crippen LogP contribution in [-0.2, 0) is 0 Å². The van der Waals surface area contributed by atoms with Crippen LogP contribution < -0.4 is 5.32 Å². The Labute approximate surface area is 120 Å². The molecule has 20 heavy (non-hydrogen) atoms. The van der Waals surface area contributed by atoms with Crippen LogP contribution in [0.4, 0.5) is 8.78 Å². The fourth-order valence-electron chi connectivity index (χ4n) is 2.97. The average Bonchev–Trinajstić information content (AvgIpc) is 2.71. The molecule has 0 radical (unpaired) electrons. The lowest BCUT2D eigenvalue weighted by molar-refractivity contribution is 0.279. The van der Waals surface area contributed by atoms with Crippen molar-refractivity contribution in [2.75, 3.05) is 26.2 Å². The normalized spacial score (nSPS) is 25.1. The fraction of sp³-hybridized carbons (Fsp3) is 0.625. The number of nitrogens with zero attached hydrogens (tertiary/aromatic N) is 1. The van der Waals surface area contributed by atoms with Crippen LogP contribution in [0.5, 0.6) is 0 Å². The largest absolute Gasteiger partial charge is 0.309 e. The summed E-state index contributed by atoms with van der Waals surface area (Å²) in [5.74, 6) is -0.170. The highest BCUT2D eigenvalue weighted by Gasteiger charge is 2.28. The van der Waals surface area contributed by atoms with Gasteiger partial charge in [-0.2, -0.15) is 0 Å². The van der Waals surface area contributed by atoms with Crippen molar-refractivity contribution in [2.45, 2.75) is 26.8 Å². The molecular formula is C16H24F2N2. The van der Waals surface area contributed by atoms with E-state index < -0.39 is 11.6 Å². The Morgan fingerprint density at radius 2 is 1.90 bits per heavy atom. The van der Waals surface area contributed by atoms with Gasteiger partial charge in [0, 0.05) is 31.2 Å². The summed E-state index contributed by atoms with van der Waals surface area (Å²) in [6.07, 6.45) is 0. The van der Waals surface area contributed by atoms with Crippen molar-refractivity contribution in [1.29, 1.82) is 0 Å². The molecule has 0 aliphatic carbocycles. The number of likely N-dealkylation sites (N-methyl/N-ethyl adjacent to an activating group) is 1. The second-order valence-corrected chi connectivity index (χ2v) is 5.93. The van der Waals surface area contributed by atoms with Gasteiger partial charge in [-0.15, -0.1) is 0 Å². The molecule has 112 valence electrons. The summed E-state index contributed by atoms with van der Waals surface area (Å²) < 4.78 is 27.4. The second-order valence-electron chi connectivity index (χ2n) is 5.93. The molecule has 2 nitrogen and oxygen atoms in total. The second kappa shape index (κ2) is 6.64. The minimum Gasteiger partial charge on any atom is -0.309 e. The standard InChI is InChI=1S/C16H24F2N2/c1-4-19-15(10-20-8-11(2)12(3)9-20)13-6-5-7-14(17)16(13)18/h5-7,11-12,15,19H,4,8-10H2,1-3H3. The molecule has 3 atom stereocenters. The van der Waals surface area contributed by atoms with E-state index >= 15 is 0 Å². The lowest BCUT2D eigenvalue weighted by Gasteiger charge is -2.25. The van der Waals surface area contributed by atoms with E-state index in [0.717, 1.165) is 26.2 Å². The van der Waals surface area contributed by atoms with Crippen molar-refractivity contribution in [3.8, 4) is 0 Å². The Balaban J connectivity index is 2.13. The number of benzene rings is 1. The Morgan fingerprint density at radius 3 is 2.50 bits per heavy atom. The summed E-state index contributed by atoms with van der Waals surface area (Å²) >= 11 is 0. The monoisotopic (exact) mass is 282 g/mol. The summed E-state index contributed by atoms with van der Waals surface area (Å²) in [5.41, 5.74) is 0.430. The molecule has 3 unspecified atom stereocenters. The maximum Gasteiger partial charge on any atom is 0.163 e. The fourth-order valence-corrected chi connectivity index (χ4v) is 2.97.